The number of rotatable bonds is 3. The number of fused-ring (bicyclic) bond motifs is 1. The number of aryl methyl sites for hydroxylation is 1. The molecule has 3 aliphatic heterocycles. The molecule has 0 saturated carbocycles. The van der Waals surface area contributed by atoms with Gasteiger partial charge >= 0.3 is 18.4 Å². The van der Waals surface area contributed by atoms with Crippen LogP contribution < -0.4 is 0 Å². The Kier molecular flexibility index (Phi) is 7.65. The minimum atomic E-state index is -5.00. The second-order valence-electron chi connectivity index (χ2n) is 11.1. The van der Waals surface area contributed by atoms with E-state index in [1.807, 2.05) is 36.1 Å². The first-order valence-electron chi connectivity index (χ1n) is 13.5. The number of alkyl halides is 6. The van der Waals surface area contributed by atoms with Crippen molar-refractivity contribution >= 4 is 18.0 Å². The smallest absolute Gasteiger partial charge is 0.416 e. The average Bonchev–Trinajstić information content (AvgIpc) is 3.56. The zero-order chi connectivity index (χ0) is 30.6. The summed E-state index contributed by atoms with van der Waals surface area (Å²) in [6.45, 7) is 4.57. The minimum absolute atomic E-state index is 0.0782. The summed E-state index contributed by atoms with van der Waals surface area (Å²) in [5.74, 6) is -0.313. The fourth-order valence-corrected chi connectivity index (χ4v) is 6.19. The molecule has 4 atom stereocenters. The van der Waals surface area contributed by atoms with Crippen LogP contribution in [0.1, 0.15) is 53.2 Å². The first kappa shape index (κ1) is 29.7. The molecule has 0 spiro atoms. The lowest BCUT2D eigenvalue weighted by Gasteiger charge is -2.45. The van der Waals surface area contributed by atoms with Gasteiger partial charge in [-0.2, -0.15) is 31.3 Å². The van der Waals surface area contributed by atoms with Crippen LogP contribution in [-0.4, -0.2) is 65.9 Å². The molecule has 5 rings (SSSR count). The van der Waals surface area contributed by atoms with Gasteiger partial charge in [0.25, 0.3) is 11.9 Å². The molecule has 0 aliphatic carbocycles. The van der Waals surface area contributed by atoms with E-state index in [0.29, 0.717) is 38.2 Å². The Morgan fingerprint density at radius 1 is 1.05 bits per heavy atom. The van der Waals surface area contributed by atoms with E-state index in [2.05, 4.69) is 4.99 Å². The van der Waals surface area contributed by atoms with E-state index in [1.54, 1.807) is 4.90 Å². The number of hydrogen-bond acceptors (Lipinski definition) is 4. The van der Waals surface area contributed by atoms with Crippen LogP contribution in [0.2, 0.25) is 0 Å². The Morgan fingerprint density at radius 3 is 2.26 bits per heavy atom. The number of carbonyl (C=O) groups is 2. The number of ether oxygens (including phenoxy) is 1. The van der Waals surface area contributed by atoms with Crippen molar-refractivity contribution in [1.29, 1.82) is 0 Å². The van der Waals surface area contributed by atoms with Gasteiger partial charge in [-0.1, -0.05) is 24.3 Å². The highest BCUT2D eigenvalue weighted by Gasteiger charge is 2.48. The monoisotopic (exact) mass is 596 g/mol. The van der Waals surface area contributed by atoms with Crippen molar-refractivity contribution in [2.75, 3.05) is 33.3 Å². The van der Waals surface area contributed by atoms with Crippen molar-refractivity contribution in [2.45, 2.75) is 44.7 Å². The molecular formula is C29H30F6N4O3. The molecule has 2 aromatic carbocycles. The normalized spacial score (nSPS) is 23.4. The lowest BCUT2D eigenvalue weighted by Crippen LogP contribution is -2.51. The van der Waals surface area contributed by atoms with Gasteiger partial charge in [-0.15, -0.1) is 0 Å². The third-order valence-corrected chi connectivity index (χ3v) is 8.52. The molecule has 3 unspecified atom stereocenters. The Hall–Kier alpha value is -3.77. The number of nitrogens with zero attached hydrogens (tertiary/aromatic N) is 4. The number of halogens is 6. The van der Waals surface area contributed by atoms with Crippen LogP contribution in [0, 0.1) is 18.8 Å². The molecule has 7 nitrogen and oxygen atoms in total. The van der Waals surface area contributed by atoms with Crippen LogP contribution in [0.3, 0.4) is 0 Å². The van der Waals surface area contributed by atoms with Crippen molar-refractivity contribution < 1.29 is 40.7 Å². The molecule has 226 valence electrons. The van der Waals surface area contributed by atoms with Crippen LogP contribution in [0.4, 0.5) is 31.1 Å². The summed E-state index contributed by atoms with van der Waals surface area (Å²) >= 11 is 0. The standard InChI is InChI=1S/C29H30F6N4O3/c1-16-6-4-5-7-22(16)25-23-14-38(26-36-24(40)15-42-26)13-18(23)8-9-39(25)27(41)37(3)17(2)19-10-20(28(30,31)32)12-21(11-19)29(33,34)35/h4-7,10-12,17-18,23,25H,8-9,13-15H2,1-3H3/t17?,18?,23-,25?/m1/s1. The van der Waals surface area contributed by atoms with E-state index in [-0.39, 0.29) is 42.0 Å². The van der Waals surface area contributed by atoms with Gasteiger partial charge in [-0.25, -0.2) is 4.79 Å². The van der Waals surface area contributed by atoms with E-state index < -0.39 is 41.6 Å². The topological polar surface area (TPSA) is 65.5 Å². The molecule has 0 radical (unpaired) electrons. The maximum Gasteiger partial charge on any atom is 0.416 e. The summed E-state index contributed by atoms with van der Waals surface area (Å²) in [7, 11) is 1.38. The molecule has 42 heavy (non-hydrogen) atoms. The SMILES string of the molecule is Cc1ccccc1C1[C@@H]2CN(C3=NC(=O)CO3)CC2CCN1C(=O)N(C)C(C)c1cc(C(F)(F)F)cc(C(F)(F)F)c1. The first-order chi connectivity index (χ1) is 19.6. The Labute approximate surface area is 238 Å². The number of amidine groups is 1. The molecule has 2 saturated heterocycles. The predicted octanol–water partition coefficient (Wildman–Crippen LogP) is 6.05. The van der Waals surface area contributed by atoms with E-state index in [1.165, 1.54) is 18.9 Å². The number of benzene rings is 2. The van der Waals surface area contributed by atoms with Crippen molar-refractivity contribution in [2.24, 2.45) is 16.8 Å². The zero-order valence-electron chi connectivity index (χ0n) is 23.2. The van der Waals surface area contributed by atoms with Crippen LogP contribution in [0.5, 0.6) is 0 Å². The molecule has 3 aliphatic rings. The molecule has 2 fully saturated rings. The van der Waals surface area contributed by atoms with E-state index in [9.17, 15) is 35.9 Å². The van der Waals surface area contributed by atoms with Crippen LogP contribution >= 0.6 is 0 Å². The van der Waals surface area contributed by atoms with Gasteiger partial charge in [0.05, 0.1) is 23.2 Å². The van der Waals surface area contributed by atoms with Crippen molar-refractivity contribution in [1.82, 2.24) is 14.7 Å². The lowest BCUT2D eigenvalue weighted by molar-refractivity contribution is -0.143. The van der Waals surface area contributed by atoms with Gasteiger partial charge in [0.2, 0.25) is 0 Å². The Balaban J connectivity index is 1.47. The highest BCUT2D eigenvalue weighted by Crippen LogP contribution is 2.46. The van der Waals surface area contributed by atoms with Crippen molar-refractivity contribution in [3.8, 4) is 0 Å². The summed E-state index contributed by atoms with van der Waals surface area (Å²) in [5.41, 5.74) is -1.30. The molecule has 3 amide bonds. The largest absolute Gasteiger partial charge is 0.455 e. The molecule has 0 aromatic heterocycles. The Bertz CT molecular complexity index is 1380. The molecule has 13 heteroatoms. The van der Waals surface area contributed by atoms with Crippen molar-refractivity contribution in [3.63, 3.8) is 0 Å². The molecule has 2 aromatic rings. The lowest BCUT2D eigenvalue weighted by atomic mass is 9.78. The third kappa shape index (κ3) is 5.65. The molecular weight excluding hydrogens is 566 g/mol. The number of likely N-dealkylation sites (tertiary alicyclic amines) is 2. The fraction of sp³-hybridized carbons (Fsp3) is 0.483. The maximum absolute atomic E-state index is 14.0. The number of amides is 3. The average molecular weight is 597 g/mol. The maximum atomic E-state index is 14.0. The number of carbonyl (C=O) groups excluding carboxylic acids is 2. The fourth-order valence-electron chi connectivity index (χ4n) is 6.19. The number of urea groups is 1. The van der Waals surface area contributed by atoms with Gasteiger partial charge in [0.1, 0.15) is 0 Å². The van der Waals surface area contributed by atoms with Gasteiger partial charge in [-0.3, -0.25) is 4.79 Å². The first-order valence-corrected chi connectivity index (χ1v) is 13.5. The summed E-state index contributed by atoms with van der Waals surface area (Å²) in [5, 5.41) is 0. The molecule has 0 bridgehead atoms. The Morgan fingerprint density at radius 2 is 1.69 bits per heavy atom. The van der Waals surface area contributed by atoms with Gasteiger partial charge < -0.3 is 19.4 Å². The second-order valence-corrected chi connectivity index (χ2v) is 11.1. The van der Waals surface area contributed by atoms with Crippen molar-refractivity contribution in [3.05, 3.63) is 70.3 Å². The number of aliphatic imine (C=N–C) groups is 1. The van der Waals surface area contributed by atoms with Gasteiger partial charge in [0, 0.05) is 32.6 Å². The van der Waals surface area contributed by atoms with E-state index >= 15 is 0 Å². The number of hydrogen-bond donors (Lipinski definition) is 0. The van der Waals surface area contributed by atoms with Crippen LogP contribution in [0.25, 0.3) is 0 Å². The van der Waals surface area contributed by atoms with E-state index in [0.717, 1.165) is 11.1 Å². The van der Waals surface area contributed by atoms with Crippen LogP contribution in [0.15, 0.2) is 47.5 Å². The highest BCUT2D eigenvalue weighted by molar-refractivity contribution is 5.96. The summed E-state index contributed by atoms with van der Waals surface area (Å²) in [6, 6.07) is 7.20. The predicted molar refractivity (Wildman–Crippen MR) is 140 cm³/mol. The summed E-state index contributed by atoms with van der Waals surface area (Å²) in [4.78, 5) is 34.4. The second kappa shape index (κ2) is 10.8. The van der Waals surface area contributed by atoms with Crippen LogP contribution in [-0.2, 0) is 21.9 Å². The van der Waals surface area contributed by atoms with Gasteiger partial charge in [0.15, 0.2) is 6.61 Å². The highest BCUT2D eigenvalue weighted by atomic mass is 19.4. The van der Waals surface area contributed by atoms with E-state index in [4.69, 9.17) is 4.74 Å². The van der Waals surface area contributed by atoms with Gasteiger partial charge in [-0.05, 0) is 61.1 Å². The zero-order valence-corrected chi connectivity index (χ0v) is 23.2. The molecule has 0 N–H and O–H groups in total. The molecule has 3 heterocycles. The quantitative estimate of drug-likeness (QED) is 0.405. The summed E-state index contributed by atoms with van der Waals surface area (Å²) < 4.78 is 86.6. The third-order valence-electron chi connectivity index (χ3n) is 8.52. The minimum Gasteiger partial charge on any atom is -0.455 e. The summed E-state index contributed by atoms with van der Waals surface area (Å²) in [6.07, 6.45) is -9.38. The number of piperidine rings is 1.